The van der Waals surface area contributed by atoms with Gasteiger partial charge in [0.25, 0.3) is 5.91 Å². The predicted molar refractivity (Wildman–Crippen MR) is 80.1 cm³/mol. The van der Waals surface area contributed by atoms with E-state index in [4.69, 9.17) is 10.5 Å². The van der Waals surface area contributed by atoms with Crippen molar-refractivity contribution in [2.45, 2.75) is 18.9 Å². The Labute approximate surface area is 124 Å². The minimum atomic E-state index is -0.433. The summed E-state index contributed by atoms with van der Waals surface area (Å²) in [5.74, 6) is 6.20. The molecular formula is C16H20N2O3. The zero-order valence-corrected chi connectivity index (χ0v) is 12.1. The Bertz CT molecular complexity index is 575. The number of aliphatic hydroxyl groups excluding tert-OH is 1. The standard InChI is InChI=1S/C16H20N2O3/c1-21-15-7-6-13(10-12(15)4-2-8-17)16(20)18-9-3-5-14(19)11-18/h6-7,10,14,19H,3,5,8-9,11,17H2,1H3. The molecule has 1 fully saturated rings. The molecule has 112 valence electrons. The number of carbonyl (C=O) groups is 1. The van der Waals surface area contributed by atoms with Crippen molar-refractivity contribution in [3.05, 3.63) is 29.3 Å². The molecule has 0 aliphatic carbocycles. The van der Waals surface area contributed by atoms with E-state index in [1.54, 1.807) is 30.2 Å². The number of nitrogens with zero attached hydrogens (tertiary/aromatic N) is 1. The summed E-state index contributed by atoms with van der Waals surface area (Å²) in [6, 6.07) is 5.16. The number of carbonyl (C=O) groups excluding carboxylic acids is 1. The third-order valence-electron chi connectivity index (χ3n) is 3.46. The lowest BCUT2D eigenvalue weighted by Crippen LogP contribution is -2.42. The van der Waals surface area contributed by atoms with Crippen molar-refractivity contribution in [2.24, 2.45) is 5.73 Å². The van der Waals surface area contributed by atoms with E-state index in [-0.39, 0.29) is 12.5 Å². The molecule has 5 nitrogen and oxygen atoms in total. The Hall–Kier alpha value is -2.03. The number of ether oxygens (including phenoxy) is 1. The van der Waals surface area contributed by atoms with Gasteiger partial charge in [-0.2, -0.15) is 0 Å². The van der Waals surface area contributed by atoms with Crippen LogP contribution in [-0.2, 0) is 0 Å². The number of nitrogens with two attached hydrogens (primary N) is 1. The normalized spacial score (nSPS) is 17.9. The number of amides is 1. The van der Waals surface area contributed by atoms with Crippen molar-refractivity contribution >= 4 is 5.91 Å². The Morgan fingerprint density at radius 1 is 1.57 bits per heavy atom. The van der Waals surface area contributed by atoms with Crippen LogP contribution in [0.25, 0.3) is 0 Å². The molecule has 0 radical (unpaired) electrons. The summed E-state index contributed by atoms with van der Waals surface area (Å²) in [5, 5.41) is 9.68. The van der Waals surface area contributed by atoms with Gasteiger partial charge in [0.1, 0.15) is 5.75 Å². The highest BCUT2D eigenvalue weighted by atomic mass is 16.5. The molecule has 1 unspecified atom stereocenters. The summed E-state index contributed by atoms with van der Waals surface area (Å²) in [7, 11) is 1.56. The second-order valence-corrected chi connectivity index (χ2v) is 4.97. The van der Waals surface area contributed by atoms with Crippen LogP contribution in [0.1, 0.15) is 28.8 Å². The molecule has 1 aromatic carbocycles. The van der Waals surface area contributed by atoms with E-state index in [1.807, 2.05) is 0 Å². The highest BCUT2D eigenvalue weighted by Crippen LogP contribution is 2.21. The molecule has 1 aromatic rings. The Morgan fingerprint density at radius 2 is 2.38 bits per heavy atom. The minimum Gasteiger partial charge on any atom is -0.495 e. The zero-order valence-electron chi connectivity index (χ0n) is 12.1. The summed E-state index contributed by atoms with van der Waals surface area (Å²) in [5.41, 5.74) is 6.57. The molecule has 5 heteroatoms. The third kappa shape index (κ3) is 3.75. The lowest BCUT2D eigenvalue weighted by atomic mass is 10.0. The fourth-order valence-electron chi connectivity index (χ4n) is 2.41. The first kappa shape index (κ1) is 15.4. The van der Waals surface area contributed by atoms with Crippen LogP contribution in [0.15, 0.2) is 18.2 Å². The number of hydrogen-bond donors (Lipinski definition) is 2. The van der Waals surface area contributed by atoms with E-state index in [2.05, 4.69) is 11.8 Å². The van der Waals surface area contributed by atoms with Gasteiger partial charge in [-0.1, -0.05) is 11.8 Å². The van der Waals surface area contributed by atoms with Gasteiger partial charge in [0.2, 0.25) is 0 Å². The van der Waals surface area contributed by atoms with Gasteiger partial charge in [0.05, 0.1) is 25.3 Å². The largest absolute Gasteiger partial charge is 0.495 e. The maximum Gasteiger partial charge on any atom is 0.253 e. The van der Waals surface area contributed by atoms with Crippen LogP contribution in [-0.4, -0.2) is 48.8 Å². The average molecular weight is 288 g/mol. The topological polar surface area (TPSA) is 75.8 Å². The fourth-order valence-corrected chi connectivity index (χ4v) is 2.41. The first-order chi connectivity index (χ1) is 10.2. The van der Waals surface area contributed by atoms with E-state index >= 15 is 0 Å². The second-order valence-electron chi connectivity index (χ2n) is 4.97. The van der Waals surface area contributed by atoms with Crippen LogP contribution >= 0.6 is 0 Å². The second kappa shape index (κ2) is 7.11. The van der Waals surface area contributed by atoms with Gasteiger partial charge >= 0.3 is 0 Å². The number of hydrogen-bond acceptors (Lipinski definition) is 4. The molecule has 0 aromatic heterocycles. The number of rotatable bonds is 2. The molecule has 1 saturated heterocycles. The monoisotopic (exact) mass is 288 g/mol. The van der Waals surface area contributed by atoms with Crippen LogP contribution in [0.4, 0.5) is 0 Å². The van der Waals surface area contributed by atoms with Crippen molar-refractivity contribution in [3.63, 3.8) is 0 Å². The van der Waals surface area contributed by atoms with Gasteiger partial charge in [-0.3, -0.25) is 4.79 Å². The van der Waals surface area contributed by atoms with E-state index in [0.717, 1.165) is 12.8 Å². The molecule has 1 aliphatic heterocycles. The van der Waals surface area contributed by atoms with E-state index in [1.165, 1.54) is 0 Å². The average Bonchev–Trinajstić information content (AvgIpc) is 2.51. The van der Waals surface area contributed by atoms with Crippen molar-refractivity contribution < 1.29 is 14.6 Å². The number of aliphatic hydroxyl groups is 1. The zero-order chi connectivity index (χ0) is 15.2. The van der Waals surface area contributed by atoms with Gasteiger partial charge in [-0.15, -0.1) is 0 Å². The van der Waals surface area contributed by atoms with Gasteiger partial charge < -0.3 is 20.5 Å². The highest BCUT2D eigenvalue weighted by Gasteiger charge is 2.23. The van der Waals surface area contributed by atoms with Crippen LogP contribution in [0.3, 0.4) is 0 Å². The molecule has 0 saturated carbocycles. The number of likely N-dealkylation sites (tertiary alicyclic amines) is 1. The number of methoxy groups -OCH3 is 1. The van der Waals surface area contributed by atoms with Gasteiger partial charge in [-0.25, -0.2) is 0 Å². The lowest BCUT2D eigenvalue weighted by molar-refractivity contribution is 0.0473. The fraction of sp³-hybridized carbons (Fsp3) is 0.438. The molecule has 0 spiro atoms. The van der Waals surface area contributed by atoms with Crippen molar-refractivity contribution in [2.75, 3.05) is 26.7 Å². The van der Waals surface area contributed by atoms with Crippen molar-refractivity contribution in [3.8, 4) is 17.6 Å². The van der Waals surface area contributed by atoms with Gasteiger partial charge in [-0.05, 0) is 31.0 Å². The van der Waals surface area contributed by atoms with Gasteiger partial charge in [0, 0.05) is 18.7 Å². The molecule has 21 heavy (non-hydrogen) atoms. The summed E-state index contributed by atoms with van der Waals surface area (Å²) >= 11 is 0. The van der Waals surface area contributed by atoms with Crippen LogP contribution in [0.2, 0.25) is 0 Å². The summed E-state index contributed by atoms with van der Waals surface area (Å²) in [4.78, 5) is 14.1. The lowest BCUT2D eigenvalue weighted by Gasteiger charge is -2.30. The molecule has 1 heterocycles. The Kier molecular flexibility index (Phi) is 5.20. The molecular weight excluding hydrogens is 268 g/mol. The van der Waals surface area contributed by atoms with Crippen molar-refractivity contribution in [1.82, 2.24) is 4.90 Å². The van der Waals surface area contributed by atoms with E-state index < -0.39 is 6.10 Å². The maximum atomic E-state index is 12.5. The predicted octanol–water partition coefficient (Wildman–Crippen LogP) is 0.602. The number of β-amino-alcohol motifs (C(OH)–C–C–N with tert-alkyl or cyclic N) is 1. The first-order valence-electron chi connectivity index (χ1n) is 7.00. The molecule has 3 N–H and O–H groups in total. The molecule has 1 amide bonds. The third-order valence-corrected chi connectivity index (χ3v) is 3.46. The molecule has 1 aliphatic rings. The quantitative estimate of drug-likeness (QED) is 0.782. The minimum absolute atomic E-state index is 0.0906. The summed E-state index contributed by atoms with van der Waals surface area (Å²) in [6.07, 6.45) is 1.14. The van der Waals surface area contributed by atoms with E-state index in [0.29, 0.717) is 30.0 Å². The van der Waals surface area contributed by atoms with Crippen LogP contribution in [0, 0.1) is 11.8 Å². The Morgan fingerprint density at radius 3 is 3.05 bits per heavy atom. The van der Waals surface area contributed by atoms with Gasteiger partial charge in [0.15, 0.2) is 0 Å². The summed E-state index contributed by atoms with van der Waals surface area (Å²) < 4.78 is 5.23. The van der Waals surface area contributed by atoms with Crippen molar-refractivity contribution in [1.29, 1.82) is 0 Å². The maximum absolute atomic E-state index is 12.5. The van der Waals surface area contributed by atoms with Crippen LogP contribution in [0.5, 0.6) is 5.75 Å². The number of benzene rings is 1. The Balaban J connectivity index is 2.24. The smallest absolute Gasteiger partial charge is 0.253 e. The first-order valence-corrected chi connectivity index (χ1v) is 7.00. The SMILES string of the molecule is COc1ccc(C(=O)N2CCCC(O)C2)cc1C#CCN. The summed E-state index contributed by atoms with van der Waals surface area (Å²) in [6.45, 7) is 1.31. The molecule has 0 bridgehead atoms. The molecule has 1 atom stereocenters. The van der Waals surface area contributed by atoms with Crippen LogP contribution < -0.4 is 10.5 Å². The van der Waals surface area contributed by atoms with E-state index in [9.17, 15) is 9.90 Å². The highest BCUT2D eigenvalue weighted by molar-refractivity contribution is 5.95. The number of piperidine rings is 1. The molecule has 2 rings (SSSR count).